The van der Waals surface area contributed by atoms with Crippen LogP contribution in [0, 0.1) is 22.9 Å². The molecule has 3 rings (SSSR count). The maximum atomic E-state index is 14.4. The molecule has 2 aromatic heterocycles. The summed E-state index contributed by atoms with van der Waals surface area (Å²) in [6, 6.07) is 1.06. The molecule has 0 radical (unpaired) electrons. The van der Waals surface area contributed by atoms with Gasteiger partial charge < -0.3 is 5.32 Å². The minimum absolute atomic E-state index is 0.0456. The Hall–Kier alpha value is -2.35. The highest BCUT2D eigenvalue weighted by Gasteiger charge is 2.27. The molecule has 26 heavy (non-hydrogen) atoms. The molecule has 5 nitrogen and oxygen atoms in total. The van der Waals surface area contributed by atoms with Gasteiger partial charge in [0, 0.05) is 18.2 Å². The molecule has 0 saturated carbocycles. The third kappa shape index (κ3) is 3.21. The molecule has 0 saturated heterocycles. The smallest absolute Gasteiger partial charge is 0.255 e. The van der Waals surface area contributed by atoms with Gasteiger partial charge in [-0.2, -0.15) is 19.6 Å². The number of fused-ring (bicyclic) bond motifs is 1. The number of nitrogens with one attached hydrogen (secondary N) is 1. The van der Waals surface area contributed by atoms with Crippen molar-refractivity contribution in [3.63, 3.8) is 0 Å². The Morgan fingerprint density at radius 1 is 1.12 bits per heavy atom. The zero-order valence-electron chi connectivity index (χ0n) is 14.6. The summed E-state index contributed by atoms with van der Waals surface area (Å²) in [5.74, 6) is -2.80. The summed E-state index contributed by atoms with van der Waals surface area (Å²) >= 11 is 6.22. The van der Waals surface area contributed by atoms with Gasteiger partial charge in [0.05, 0.1) is 11.1 Å². The van der Waals surface area contributed by atoms with Gasteiger partial charge in [0.15, 0.2) is 0 Å². The molecule has 1 atom stereocenters. The topological polar surface area (TPSA) is 55.1 Å². The highest BCUT2D eigenvalue weighted by Crippen LogP contribution is 2.38. The van der Waals surface area contributed by atoms with E-state index < -0.39 is 23.0 Å². The van der Waals surface area contributed by atoms with E-state index in [-0.39, 0.29) is 33.8 Å². The van der Waals surface area contributed by atoms with E-state index in [2.05, 4.69) is 20.4 Å². The molecule has 1 unspecified atom stereocenters. The molecule has 0 aliphatic rings. The van der Waals surface area contributed by atoms with E-state index in [1.165, 1.54) is 10.8 Å². The number of anilines is 1. The number of hydrogen-bond acceptors (Lipinski definition) is 4. The van der Waals surface area contributed by atoms with E-state index in [0.29, 0.717) is 12.1 Å². The summed E-state index contributed by atoms with van der Waals surface area (Å²) < 4.78 is 43.5. The predicted molar refractivity (Wildman–Crippen MR) is 93.6 cm³/mol. The summed E-state index contributed by atoms with van der Waals surface area (Å²) in [6.45, 7) is 7.93. The van der Waals surface area contributed by atoms with Crippen LogP contribution in [0.1, 0.15) is 27.7 Å². The Bertz CT molecular complexity index is 957. The van der Waals surface area contributed by atoms with E-state index >= 15 is 0 Å². The first-order chi connectivity index (χ1) is 12.1. The van der Waals surface area contributed by atoms with Gasteiger partial charge in [-0.3, -0.25) is 0 Å². The van der Waals surface area contributed by atoms with Gasteiger partial charge >= 0.3 is 0 Å². The summed E-state index contributed by atoms with van der Waals surface area (Å²) in [5, 5.41) is 7.09. The largest absolute Gasteiger partial charge is 0.366 e. The lowest BCUT2D eigenvalue weighted by Crippen LogP contribution is -2.32. The molecule has 0 aliphatic carbocycles. The van der Waals surface area contributed by atoms with Gasteiger partial charge in [0.1, 0.15) is 34.7 Å². The van der Waals surface area contributed by atoms with E-state index in [1.807, 2.05) is 27.7 Å². The van der Waals surface area contributed by atoms with Crippen molar-refractivity contribution >= 4 is 23.2 Å². The van der Waals surface area contributed by atoms with Crippen molar-refractivity contribution in [2.45, 2.75) is 33.7 Å². The predicted octanol–water partition coefficient (Wildman–Crippen LogP) is 4.71. The lowest BCUT2D eigenvalue weighted by atomic mass is 9.88. The summed E-state index contributed by atoms with van der Waals surface area (Å²) in [6.07, 6.45) is 1.26. The molecule has 1 N–H and O–H groups in total. The third-order valence-electron chi connectivity index (χ3n) is 4.29. The van der Waals surface area contributed by atoms with Gasteiger partial charge in [0.25, 0.3) is 5.78 Å². The van der Waals surface area contributed by atoms with Crippen LogP contribution in [0.3, 0.4) is 0 Å². The minimum Gasteiger partial charge on any atom is -0.366 e. The Morgan fingerprint density at radius 3 is 2.31 bits per heavy atom. The number of benzene rings is 1. The van der Waals surface area contributed by atoms with Gasteiger partial charge in [-0.05, 0) is 12.3 Å². The van der Waals surface area contributed by atoms with Crippen molar-refractivity contribution in [3.8, 4) is 11.1 Å². The quantitative estimate of drug-likeness (QED) is 0.665. The average molecular weight is 384 g/mol. The molecule has 0 bridgehead atoms. The first-order valence-electron chi connectivity index (χ1n) is 7.90. The molecule has 2 heterocycles. The van der Waals surface area contributed by atoms with Gasteiger partial charge in [0.2, 0.25) is 0 Å². The molecule has 9 heteroatoms. The van der Waals surface area contributed by atoms with Crippen molar-refractivity contribution in [1.29, 1.82) is 0 Å². The van der Waals surface area contributed by atoms with Gasteiger partial charge in [-0.1, -0.05) is 32.4 Å². The Labute approximate surface area is 153 Å². The molecular formula is C17H17ClF3N5. The fraction of sp³-hybridized carbons (Fsp3) is 0.353. The highest BCUT2D eigenvalue weighted by molar-refractivity contribution is 6.33. The SMILES string of the molecule is CC(Nc1c(-c2c(F)cc(F)cc2F)c(Cl)nc2ncnn12)C(C)(C)C. The van der Waals surface area contributed by atoms with Crippen LogP contribution in [0.4, 0.5) is 19.0 Å². The maximum Gasteiger partial charge on any atom is 0.255 e. The van der Waals surface area contributed by atoms with E-state index in [4.69, 9.17) is 11.6 Å². The Balaban J connectivity index is 2.32. The summed E-state index contributed by atoms with van der Waals surface area (Å²) in [5.41, 5.74) is -0.708. The first-order valence-corrected chi connectivity index (χ1v) is 8.28. The van der Waals surface area contributed by atoms with Crippen LogP contribution in [0.2, 0.25) is 5.15 Å². The molecule has 0 amide bonds. The summed E-state index contributed by atoms with van der Waals surface area (Å²) in [4.78, 5) is 8.01. The van der Waals surface area contributed by atoms with Crippen molar-refractivity contribution < 1.29 is 13.2 Å². The van der Waals surface area contributed by atoms with Crippen LogP contribution in [-0.4, -0.2) is 25.6 Å². The summed E-state index contributed by atoms with van der Waals surface area (Å²) in [7, 11) is 0. The molecule has 138 valence electrons. The number of halogens is 4. The van der Waals surface area contributed by atoms with Gasteiger partial charge in [-0.15, -0.1) is 0 Å². The first kappa shape index (κ1) is 18.4. The second-order valence-electron chi connectivity index (χ2n) is 7.07. The number of rotatable bonds is 3. The third-order valence-corrected chi connectivity index (χ3v) is 4.57. The zero-order chi connectivity index (χ0) is 19.2. The lowest BCUT2D eigenvalue weighted by Gasteiger charge is -2.30. The monoisotopic (exact) mass is 383 g/mol. The minimum atomic E-state index is -1.09. The fourth-order valence-corrected chi connectivity index (χ4v) is 2.63. The van der Waals surface area contributed by atoms with Crippen LogP contribution in [0.25, 0.3) is 16.9 Å². The second-order valence-corrected chi connectivity index (χ2v) is 7.43. The Kier molecular flexibility index (Phi) is 4.56. The number of aromatic nitrogens is 4. The average Bonchev–Trinajstić information content (AvgIpc) is 2.95. The van der Waals surface area contributed by atoms with Crippen LogP contribution in [0.5, 0.6) is 0 Å². The number of nitrogens with zero attached hydrogens (tertiary/aromatic N) is 4. The van der Waals surface area contributed by atoms with Crippen LogP contribution in [-0.2, 0) is 0 Å². The fourth-order valence-electron chi connectivity index (χ4n) is 2.37. The molecular weight excluding hydrogens is 367 g/mol. The van der Waals surface area contributed by atoms with Crippen molar-refractivity contribution in [2.75, 3.05) is 5.32 Å². The number of hydrogen-bond donors (Lipinski definition) is 1. The van der Waals surface area contributed by atoms with Gasteiger partial charge in [-0.25, -0.2) is 13.2 Å². The molecule has 3 aromatic rings. The van der Waals surface area contributed by atoms with Crippen LogP contribution in [0.15, 0.2) is 18.5 Å². The van der Waals surface area contributed by atoms with E-state index in [0.717, 1.165) is 0 Å². The van der Waals surface area contributed by atoms with Crippen LogP contribution >= 0.6 is 11.6 Å². The second kappa shape index (κ2) is 6.42. The maximum absolute atomic E-state index is 14.4. The molecule has 0 aliphatic heterocycles. The van der Waals surface area contributed by atoms with E-state index in [1.54, 1.807) is 0 Å². The van der Waals surface area contributed by atoms with Crippen molar-refractivity contribution in [3.05, 3.63) is 41.1 Å². The van der Waals surface area contributed by atoms with E-state index in [9.17, 15) is 13.2 Å². The molecule has 1 aromatic carbocycles. The lowest BCUT2D eigenvalue weighted by molar-refractivity contribution is 0.358. The zero-order valence-corrected chi connectivity index (χ0v) is 15.4. The Morgan fingerprint density at radius 2 is 1.73 bits per heavy atom. The standard InChI is InChI=1S/C17H17ClF3N5/c1-8(17(2,3)4)24-15-13(12-10(20)5-9(19)6-11(12)21)14(18)25-16-22-7-23-26(15)16/h5-8,24H,1-4H3. The van der Waals surface area contributed by atoms with Crippen LogP contribution < -0.4 is 5.32 Å². The molecule has 0 spiro atoms. The van der Waals surface area contributed by atoms with Crippen molar-refractivity contribution in [2.24, 2.45) is 5.41 Å². The highest BCUT2D eigenvalue weighted by atomic mass is 35.5. The molecule has 0 fully saturated rings. The normalized spacial score (nSPS) is 13.2. The van der Waals surface area contributed by atoms with Crippen molar-refractivity contribution in [1.82, 2.24) is 19.6 Å².